The number of ether oxygens (including phenoxy) is 2. The fraction of sp³-hybridized carbons (Fsp3) is 0.241. The van der Waals surface area contributed by atoms with E-state index in [0.717, 1.165) is 35.1 Å². The number of aryl methyl sites for hydroxylation is 1. The van der Waals surface area contributed by atoms with Gasteiger partial charge in [-0.15, -0.1) is 0 Å². The summed E-state index contributed by atoms with van der Waals surface area (Å²) in [5.41, 5.74) is 3.88. The number of carbonyl (C=O) groups is 1. The highest BCUT2D eigenvalue weighted by Gasteiger charge is 2.19. The van der Waals surface area contributed by atoms with Gasteiger partial charge in [0.05, 0.1) is 30.9 Å². The minimum absolute atomic E-state index is 0.208. The van der Waals surface area contributed by atoms with E-state index in [1.807, 2.05) is 56.3 Å². The standard InChI is InChI=1S/C29H27I2N3O4/c1-6-37-26-11-17(4)22(14-21(26)16(2)3)28-33-25-10-8-7-9-20(25)29(36)34(28)32-15-19-12-23(30)27(24(31)13-19)38-18(5)35/h7-16H,6H2,1-5H3. The number of fused-ring (bicyclic) bond motifs is 1. The normalized spacial score (nSPS) is 11.5. The third kappa shape index (κ3) is 5.93. The Morgan fingerprint density at radius 2 is 1.82 bits per heavy atom. The Bertz CT molecular complexity index is 1600. The number of esters is 1. The molecule has 0 amide bonds. The molecule has 0 unspecified atom stereocenters. The Kier molecular flexibility index (Phi) is 8.86. The molecule has 0 aliphatic heterocycles. The maximum atomic E-state index is 13.7. The predicted molar refractivity (Wildman–Crippen MR) is 168 cm³/mol. The molecule has 0 saturated heterocycles. The third-order valence-electron chi connectivity index (χ3n) is 5.86. The van der Waals surface area contributed by atoms with E-state index < -0.39 is 0 Å². The van der Waals surface area contributed by atoms with Gasteiger partial charge in [0.15, 0.2) is 11.6 Å². The summed E-state index contributed by atoms with van der Waals surface area (Å²) in [5, 5.41) is 5.10. The number of rotatable bonds is 7. The van der Waals surface area contributed by atoms with Gasteiger partial charge in [-0.05, 0) is 118 Å². The van der Waals surface area contributed by atoms with Gasteiger partial charge < -0.3 is 9.47 Å². The van der Waals surface area contributed by atoms with E-state index in [1.165, 1.54) is 11.6 Å². The van der Waals surface area contributed by atoms with Crippen LogP contribution in [0.2, 0.25) is 0 Å². The molecule has 4 rings (SSSR count). The summed E-state index contributed by atoms with van der Waals surface area (Å²) in [7, 11) is 0. The van der Waals surface area contributed by atoms with Crippen molar-refractivity contribution in [2.45, 2.75) is 40.5 Å². The summed E-state index contributed by atoms with van der Waals surface area (Å²) >= 11 is 4.24. The molecule has 0 aliphatic rings. The van der Waals surface area contributed by atoms with Gasteiger partial charge in [0.2, 0.25) is 0 Å². The van der Waals surface area contributed by atoms with Crippen molar-refractivity contribution in [3.63, 3.8) is 0 Å². The molecular formula is C29H27I2N3O4. The van der Waals surface area contributed by atoms with Crippen LogP contribution in [0.3, 0.4) is 0 Å². The molecule has 4 aromatic rings. The van der Waals surface area contributed by atoms with E-state index in [0.29, 0.717) is 29.1 Å². The molecule has 0 saturated carbocycles. The first-order chi connectivity index (χ1) is 18.1. The van der Waals surface area contributed by atoms with E-state index in [4.69, 9.17) is 14.5 Å². The van der Waals surface area contributed by atoms with Crippen LogP contribution in [0.4, 0.5) is 0 Å². The number of halogens is 2. The van der Waals surface area contributed by atoms with Crippen molar-refractivity contribution in [2.75, 3.05) is 6.61 Å². The number of nitrogens with zero attached hydrogens (tertiary/aromatic N) is 3. The third-order valence-corrected chi connectivity index (χ3v) is 7.46. The second kappa shape index (κ2) is 11.9. The fourth-order valence-corrected chi connectivity index (χ4v) is 6.13. The van der Waals surface area contributed by atoms with Crippen LogP contribution in [0.1, 0.15) is 50.3 Å². The SMILES string of the molecule is CCOc1cc(C)c(-c2nc3ccccc3c(=O)n2N=Cc2cc(I)c(OC(C)=O)c(I)c2)cc1C(C)C. The highest BCUT2D eigenvalue weighted by Crippen LogP contribution is 2.34. The largest absolute Gasteiger partial charge is 0.494 e. The zero-order valence-corrected chi connectivity index (χ0v) is 26.0. The average Bonchev–Trinajstić information content (AvgIpc) is 2.85. The maximum absolute atomic E-state index is 13.7. The van der Waals surface area contributed by atoms with Crippen LogP contribution in [0, 0.1) is 14.1 Å². The van der Waals surface area contributed by atoms with Crippen LogP contribution in [0.5, 0.6) is 11.5 Å². The van der Waals surface area contributed by atoms with E-state index in [9.17, 15) is 9.59 Å². The smallest absolute Gasteiger partial charge is 0.308 e. The molecule has 7 nitrogen and oxygen atoms in total. The van der Waals surface area contributed by atoms with E-state index in [1.54, 1.807) is 12.3 Å². The predicted octanol–water partition coefficient (Wildman–Crippen LogP) is 6.91. The van der Waals surface area contributed by atoms with Gasteiger partial charge in [-0.25, -0.2) is 4.98 Å². The molecule has 9 heteroatoms. The lowest BCUT2D eigenvalue weighted by molar-refractivity contribution is -0.132. The van der Waals surface area contributed by atoms with Crippen LogP contribution in [-0.4, -0.2) is 28.5 Å². The first-order valence-corrected chi connectivity index (χ1v) is 14.3. The van der Waals surface area contributed by atoms with E-state index in [-0.39, 0.29) is 17.4 Å². The van der Waals surface area contributed by atoms with Crippen molar-refractivity contribution in [1.29, 1.82) is 0 Å². The van der Waals surface area contributed by atoms with Crippen molar-refractivity contribution in [1.82, 2.24) is 9.66 Å². The molecule has 0 bridgehead atoms. The maximum Gasteiger partial charge on any atom is 0.308 e. The second-order valence-corrected chi connectivity index (χ2v) is 11.3. The van der Waals surface area contributed by atoms with Crippen molar-refractivity contribution in [3.8, 4) is 22.9 Å². The topological polar surface area (TPSA) is 82.8 Å². The Hall–Kier alpha value is -2.80. The van der Waals surface area contributed by atoms with Crippen LogP contribution >= 0.6 is 45.2 Å². The summed E-state index contributed by atoms with van der Waals surface area (Å²) in [6, 6.07) is 15.0. The Labute approximate surface area is 248 Å². The van der Waals surface area contributed by atoms with Crippen LogP contribution in [-0.2, 0) is 4.79 Å². The van der Waals surface area contributed by atoms with Gasteiger partial charge in [0.25, 0.3) is 5.56 Å². The molecule has 0 aliphatic carbocycles. The molecule has 0 atom stereocenters. The molecule has 1 aromatic heterocycles. The van der Waals surface area contributed by atoms with Gasteiger partial charge in [0, 0.05) is 12.5 Å². The first-order valence-electron chi connectivity index (χ1n) is 12.1. The number of carbonyl (C=O) groups excluding carboxylic acids is 1. The lowest BCUT2D eigenvalue weighted by atomic mass is 9.96. The number of para-hydroxylation sites is 1. The minimum atomic E-state index is -0.382. The van der Waals surface area contributed by atoms with Crippen LogP contribution in [0.15, 0.2) is 58.4 Å². The molecule has 0 radical (unpaired) electrons. The lowest BCUT2D eigenvalue weighted by Crippen LogP contribution is -2.21. The van der Waals surface area contributed by atoms with Gasteiger partial charge in [0.1, 0.15) is 5.75 Å². The molecule has 1 heterocycles. The van der Waals surface area contributed by atoms with Crippen LogP contribution < -0.4 is 15.0 Å². The quantitative estimate of drug-likeness (QED) is 0.0893. The Morgan fingerprint density at radius 1 is 1.13 bits per heavy atom. The summed E-state index contributed by atoms with van der Waals surface area (Å²) in [4.78, 5) is 30.0. The minimum Gasteiger partial charge on any atom is -0.494 e. The van der Waals surface area contributed by atoms with Gasteiger partial charge in [-0.3, -0.25) is 9.59 Å². The Morgan fingerprint density at radius 3 is 2.45 bits per heavy atom. The molecule has 38 heavy (non-hydrogen) atoms. The zero-order chi connectivity index (χ0) is 27.6. The highest BCUT2D eigenvalue weighted by atomic mass is 127. The molecule has 0 fully saturated rings. The monoisotopic (exact) mass is 735 g/mol. The van der Waals surface area contributed by atoms with Gasteiger partial charge in [-0.1, -0.05) is 26.0 Å². The summed E-state index contributed by atoms with van der Waals surface area (Å²) < 4.78 is 14.1. The molecule has 0 N–H and O–H groups in total. The first kappa shape index (κ1) is 28.2. The van der Waals surface area contributed by atoms with Crippen molar-refractivity contribution < 1.29 is 14.3 Å². The average molecular weight is 735 g/mol. The lowest BCUT2D eigenvalue weighted by Gasteiger charge is -2.18. The van der Waals surface area contributed by atoms with E-state index in [2.05, 4.69) is 64.1 Å². The number of aromatic nitrogens is 2. The zero-order valence-electron chi connectivity index (χ0n) is 21.7. The molecule has 196 valence electrons. The Balaban J connectivity index is 1.92. The number of hydrogen-bond donors (Lipinski definition) is 0. The molecular weight excluding hydrogens is 708 g/mol. The number of benzene rings is 3. The van der Waals surface area contributed by atoms with Gasteiger partial charge in [-0.2, -0.15) is 9.78 Å². The molecule has 3 aromatic carbocycles. The molecule has 0 spiro atoms. The van der Waals surface area contributed by atoms with E-state index >= 15 is 0 Å². The summed E-state index contributed by atoms with van der Waals surface area (Å²) in [5.74, 6) is 1.62. The van der Waals surface area contributed by atoms with Crippen LogP contribution in [0.25, 0.3) is 22.3 Å². The van der Waals surface area contributed by atoms with Crippen molar-refractivity contribution in [3.05, 3.63) is 82.7 Å². The highest BCUT2D eigenvalue weighted by molar-refractivity contribution is 14.1. The number of hydrogen-bond acceptors (Lipinski definition) is 6. The van der Waals surface area contributed by atoms with Crippen molar-refractivity contribution in [2.24, 2.45) is 5.10 Å². The van der Waals surface area contributed by atoms with Gasteiger partial charge >= 0.3 is 5.97 Å². The summed E-state index contributed by atoms with van der Waals surface area (Å²) in [6.45, 7) is 10.1. The second-order valence-electron chi connectivity index (χ2n) is 9.01. The van der Waals surface area contributed by atoms with Crippen molar-refractivity contribution >= 4 is 68.3 Å². The fourth-order valence-electron chi connectivity index (χ4n) is 4.10. The summed E-state index contributed by atoms with van der Waals surface area (Å²) in [6.07, 6.45) is 1.62.